The Hall–Kier alpha value is -3.02. The van der Waals surface area contributed by atoms with E-state index in [0.717, 1.165) is 0 Å². The Morgan fingerprint density at radius 2 is 1.87 bits per heavy atom. The molecule has 0 aliphatic rings. The standard InChI is InChI=1S/C17H15NO5/c1-2-21-17(20)14-10-15-13(8-9-22-15)18(14)11-23-16(19)12-6-4-3-5-7-12/h3-10H,2,11H2,1H3. The lowest BCUT2D eigenvalue weighted by molar-refractivity contribution is 0.0346. The predicted molar refractivity (Wildman–Crippen MR) is 82.0 cm³/mol. The number of carbonyl (C=O) groups excluding carboxylic acids is 2. The molecule has 3 aromatic rings. The zero-order valence-electron chi connectivity index (χ0n) is 12.5. The van der Waals surface area contributed by atoms with Crippen molar-refractivity contribution in [2.75, 3.05) is 6.61 Å². The molecule has 0 bridgehead atoms. The molecule has 0 N–H and O–H groups in total. The summed E-state index contributed by atoms with van der Waals surface area (Å²) in [5.41, 5.74) is 1.92. The molecule has 1 aromatic carbocycles. The van der Waals surface area contributed by atoms with Gasteiger partial charge in [0, 0.05) is 12.1 Å². The molecule has 0 saturated carbocycles. The van der Waals surface area contributed by atoms with Gasteiger partial charge in [0.15, 0.2) is 12.3 Å². The molecule has 0 fully saturated rings. The highest BCUT2D eigenvalue weighted by Gasteiger charge is 2.19. The van der Waals surface area contributed by atoms with Gasteiger partial charge in [-0.05, 0) is 19.1 Å². The first-order chi connectivity index (χ1) is 11.2. The molecule has 2 aromatic heterocycles. The van der Waals surface area contributed by atoms with Crippen molar-refractivity contribution in [3.63, 3.8) is 0 Å². The summed E-state index contributed by atoms with van der Waals surface area (Å²) in [7, 11) is 0. The van der Waals surface area contributed by atoms with Crippen LogP contribution in [0.15, 0.2) is 53.1 Å². The van der Waals surface area contributed by atoms with Crippen LogP contribution < -0.4 is 0 Å². The van der Waals surface area contributed by atoms with Crippen LogP contribution in [-0.4, -0.2) is 23.1 Å². The monoisotopic (exact) mass is 313 g/mol. The molecule has 6 heteroatoms. The maximum atomic E-state index is 12.0. The molecule has 0 aliphatic heterocycles. The molecular formula is C17H15NO5. The van der Waals surface area contributed by atoms with E-state index in [9.17, 15) is 9.59 Å². The van der Waals surface area contributed by atoms with Crippen LogP contribution in [-0.2, 0) is 16.2 Å². The average molecular weight is 313 g/mol. The molecule has 6 nitrogen and oxygen atoms in total. The lowest BCUT2D eigenvalue weighted by Gasteiger charge is -2.10. The van der Waals surface area contributed by atoms with Gasteiger partial charge in [0.2, 0.25) is 0 Å². The molecule has 118 valence electrons. The fourth-order valence-corrected chi connectivity index (χ4v) is 2.27. The highest BCUT2D eigenvalue weighted by atomic mass is 16.5. The third kappa shape index (κ3) is 2.96. The van der Waals surface area contributed by atoms with Crippen molar-refractivity contribution in [1.29, 1.82) is 0 Å². The van der Waals surface area contributed by atoms with Gasteiger partial charge in [-0.2, -0.15) is 0 Å². The summed E-state index contributed by atoms with van der Waals surface area (Å²) in [5, 5.41) is 0. The number of esters is 2. The van der Waals surface area contributed by atoms with Gasteiger partial charge in [-0.3, -0.25) is 4.57 Å². The largest absolute Gasteiger partial charge is 0.463 e. The van der Waals surface area contributed by atoms with Crippen LogP contribution in [0.1, 0.15) is 27.8 Å². The third-order valence-corrected chi connectivity index (χ3v) is 3.34. The topological polar surface area (TPSA) is 70.7 Å². The van der Waals surface area contributed by atoms with E-state index in [4.69, 9.17) is 13.9 Å². The molecule has 0 spiro atoms. The number of hydrogen-bond acceptors (Lipinski definition) is 5. The maximum Gasteiger partial charge on any atom is 0.355 e. The van der Waals surface area contributed by atoms with Crippen LogP contribution in [0.3, 0.4) is 0 Å². The molecule has 0 radical (unpaired) electrons. The van der Waals surface area contributed by atoms with E-state index in [-0.39, 0.29) is 19.0 Å². The Bertz CT molecular complexity index is 831. The van der Waals surface area contributed by atoms with Crippen LogP contribution in [0.25, 0.3) is 11.1 Å². The van der Waals surface area contributed by atoms with E-state index in [1.165, 1.54) is 6.26 Å². The molecule has 0 amide bonds. The first-order valence-corrected chi connectivity index (χ1v) is 7.16. The second-order valence-corrected chi connectivity index (χ2v) is 4.78. The van der Waals surface area contributed by atoms with Crippen LogP contribution in [0.2, 0.25) is 0 Å². The number of furan rings is 1. The molecule has 2 heterocycles. The Morgan fingerprint density at radius 3 is 2.61 bits per heavy atom. The van der Waals surface area contributed by atoms with Gasteiger partial charge in [0.25, 0.3) is 0 Å². The van der Waals surface area contributed by atoms with Gasteiger partial charge < -0.3 is 13.9 Å². The van der Waals surface area contributed by atoms with Crippen molar-refractivity contribution in [3.05, 3.63) is 60.0 Å². The second-order valence-electron chi connectivity index (χ2n) is 4.78. The molecule has 0 saturated heterocycles. The van der Waals surface area contributed by atoms with Gasteiger partial charge in [-0.1, -0.05) is 18.2 Å². The number of ether oxygens (including phenoxy) is 2. The highest BCUT2D eigenvalue weighted by molar-refractivity contribution is 5.94. The Balaban J connectivity index is 1.84. The number of nitrogens with zero attached hydrogens (tertiary/aromatic N) is 1. The molecule has 0 unspecified atom stereocenters. The van der Waals surface area contributed by atoms with Crippen molar-refractivity contribution in [2.24, 2.45) is 0 Å². The van der Waals surface area contributed by atoms with E-state index in [0.29, 0.717) is 16.7 Å². The zero-order valence-corrected chi connectivity index (χ0v) is 12.5. The van der Waals surface area contributed by atoms with Crippen molar-refractivity contribution in [1.82, 2.24) is 4.57 Å². The summed E-state index contributed by atoms with van der Waals surface area (Å²) in [6.07, 6.45) is 1.51. The summed E-state index contributed by atoms with van der Waals surface area (Å²) >= 11 is 0. The van der Waals surface area contributed by atoms with Crippen LogP contribution >= 0.6 is 0 Å². The molecule has 0 aliphatic carbocycles. The number of hydrogen-bond donors (Lipinski definition) is 0. The summed E-state index contributed by atoms with van der Waals surface area (Å²) in [6.45, 7) is 1.88. The first kappa shape index (κ1) is 14.9. The maximum absolute atomic E-state index is 12.0. The van der Waals surface area contributed by atoms with Gasteiger partial charge in [-0.25, -0.2) is 9.59 Å². The third-order valence-electron chi connectivity index (χ3n) is 3.34. The van der Waals surface area contributed by atoms with Crippen molar-refractivity contribution >= 4 is 23.0 Å². The van der Waals surface area contributed by atoms with E-state index in [1.807, 2.05) is 6.07 Å². The molecule has 23 heavy (non-hydrogen) atoms. The molecular weight excluding hydrogens is 298 g/mol. The summed E-state index contributed by atoms with van der Waals surface area (Å²) < 4.78 is 17.2. The van der Waals surface area contributed by atoms with E-state index in [2.05, 4.69) is 0 Å². The number of aromatic nitrogens is 1. The lowest BCUT2D eigenvalue weighted by atomic mass is 10.2. The van der Waals surface area contributed by atoms with E-state index < -0.39 is 11.9 Å². The smallest absolute Gasteiger partial charge is 0.355 e. The Kier molecular flexibility index (Phi) is 4.14. The highest BCUT2D eigenvalue weighted by Crippen LogP contribution is 2.22. The summed E-state index contributed by atoms with van der Waals surface area (Å²) in [6, 6.07) is 11.9. The van der Waals surface area contributed by atoms with Crippen molar-refractivity contribution in [3.8, 4) is 0 Å². The fourth-order valence-electron chi connectivity index (χ4n) is 2.27. The summed E-state index contributed by atoms with van der Waals surface area (Å²) in [5.74, 6) is -0.958. The van der Waals surface area contributed by atoms with Crippen molar-refractivity contribution in [2.45, 2.75) is 13.7 Å². The van der Waals surface area contributed by atoms with Crippen LogP contribution in [0, 0.1) is 0 Å². The number of rotatable bonds is 5. The lowest BCUT2D eigenvalue weighted by Crippen LogP contribution is -2.16. The summed E-state index contributed by atoms with van der Waals surface area (Å²) in [4.78, 5) is 24.1. The first-order valence-electron chi connectivity index (χ1n) is 7.16. The Morgan fingerprint density at radius 1 is 1.09 bits per heavy atom. The number of carbonyl (C=O) groups is 2. The molecule has 0 atom stereocenters. The van der Waals surface area contributed by atoms with Crippen LogP contribution in [0.4, 0.5) is 0 Å². The minimum atomic E-state index is -0.491. The minimum absolute atomic E-state index is 0.106. The quantitative estimate of drug-likeness (QED) is 0.676. The van der Waals surface area contributed by atoms with Gasteiger partial charge in [0.05, 0.1) is 24.0 Å². The minimum Gasteiger partial charge on any atom is -0.463 e. The zero-order chi connectivity index (χ0) is 16.2. The fraction of sp³-hybridized carbons (Fsp3) is 0.176. The SMILES string of the molecule is CCOC(=O)c1cc2occc2n1COC(=O)c1ccccc1. The van der Waals surface area contributed by atoms with Gasteiger partial charge in [0.1, 0.15) is 5.69 Å². The van der Waals surface area contributed by atoms with Gasteiger partial charge >= 0.3 is 11.9 Å². The normalized spacial score (nSPS) is 10.7. The van der Waals surface area contributed by atoms with E-state index in [1.54, 1.807) is 47.9 Å². The Labute approximate surface area is 132 Å². The van der Waals surface area contributed by atoms with Gasteiger partial charge in [-0.15, -0.1) is 0 Å². The number of benzene rings is 1. The average Bonchev–Trinajstić information content (AvgIpc) is 3.15. The second kappa shape index (κ2) is 6.39. The van der Waals surface area contributed by atoms with Crippen LogP contribution in [0.5, 0.6) is 0 Å². The van der Waals surface area contributed by atoms with E-state index >= 15 is 0 Å². The molecule has 3 rings (SSSR count). The van der Waals surface area contributed by atoms with Crippen molar-refractivity contribution < 1.29 is 23.5 Å². The predicted octanol–water partition coefficient (Wildman–Crippen LogP) is 3.23. The number of fused-ring (bicyclic) bond motifs is 1.